The lowest BCUT2D eigenvalue weighted by molar-refractivity contribution is -0.126. The van der Waals surface area contributed by atoms with Crippen LogP contribution in [-0.4, -0.2) is 10.5 Å². The van der Waals surface area contributed by atoms with Gasteiger partial charge in [-0.1, -0.05) is 24.3 Å². The zero-order valence-electron chi connectivity index (χ0n) is 8.61. The van der Waals surface area contributed by atoms with Crippen molar-refractivity contribution >= 4 is 17.5 Å². The second kappa shape index (κ2) is 4.23. The normalized spacial score (nSPS) is 24.7. The van der Waals surface area contributed by atoms with E-state index >= 15 is 0 Å². The van der Waals surface area contributed by atoms with Crippen molar-refractivity contribution in [2.45, 2.75) is 28.9 Å². The number of hydrogen-bond acceptors (Lipinski definition) is 2. The summed E-state index contributed by atoms with van der Waals surface area (Å²) in [4.78, 5) is 12.9. The predicted octanol–water partition coefficient (Wildman–Crippen LogP) is 3.46. The average molecular weight is 218 g/mol. The third-order valence-corrected chi connectivity index (χ3v) is 4.29. The topological polar surface area (TPSA) is 17.1 Å². The smallest absolute Gasteiger partial charge is 0.149 e. The van der Waals surface area contributed by atoms with Crippen molar-refractivity contribution < 1.29 is 4.79 Å². The van der Waals surface area contributed by atoms with Crippen LogP contribution >= 0.6 is 11.8 Å². The number of allylic oxidation sites excluding steroid dienone is 1. The number of carbonyl (C=O) groups is 1. The zero-order valence-corrected chi connectivity index (χ0v) is 9.43. The Hall–Kier alpha value is -1.02. The Morgan fingerprint density at radius 1 is 1.40 bits per heavy atom. The van der Waals surface area contributed by atoms with E-state index in [0.717, 1.165) is 19.3 Å². The number of thioether (sulfide) groups is 1. The van der Waals surface area contributed by atoms with Gasteiger partial charge in [0, 0.05) is 11.3 Å². The predicted molar refractivity (Wildman–Crippen MR) is 64.1 cm³/mol. The molecule has 0 aliphatic heterocycles. The molecule has 1 aliphatic rings. The number of hydrogen-bond donors (Lipinski definition) is 0. The van der Waals surface area contributed by atoms with Gasteiger partial charge >= 0.3 is 0 Å². The molecule has 1 fully saturated rings. The van der Waals surface area contributed by atoms with Gasteiger partial charge in [-0.2, -0.15) is 0 Å². The number of carbonyl (C=O) groups excluding carboxylic acids is 1. The summed E-state index contributed by atoms with van der Waals surface area (Å²) in [6, 6.07) is 10.1. The first kappa shape index (κ1) is 10.5. The van der Waals surface area contributed by atoms with Crippen molar-refractivity contribution in [1.29, 1.82) is 0 Å². The summed E-state index contributed by atoms with van der Waals surface area (Å²) in [5, 5.41) is 0. The van der Waals surface area contributed by atoms with Crippen LogP contribution in [0.5, 0.6) is 0 Å². The molecule has 15 heavy (non-hydrogen) atoms. The van der Waals surface area contributed by atoms with E-state index in [4.69, 9.17) is 0 Å². The largest absolute Gasteiger partial charge is 0.298 e. The summed E-state index contributed by atoms with van der Waals surface area (Å²) in [5.74, 6) is 0.372. The van der Waals surface area contributed by atoms with Gasteiger partial charge in [0.1, 0.15) is 5.78 Å². The Kier molecular flexibility index (Phi) is 2.96. The fourth-order valence-electron chi connectivity index (χ4n) is 1.82. The Morgan fingerprint density at radius 3 is 2.60 bits per heavy atom. The highest BCUT2D eigenvalue weighted by Crippen LogP contribution is 2.47. The van der Waals surface area contributed by atoms with E-state index in [9.17, 15) is 4.79 Å². The average Bonchev–Trinajstić information content (AvgIpc) is 2.28. The first-order valence-electron chi connectivity index (χ1n) is 5.15. The Morgan fingerprint density at radius 2 is 2.13 bits per heavy atom. The molecule has 2 rings (SSSR count). The number of Topliss-reactive ketones (excluding diaryl/α,β-unsaturated/α-hetero) is 1. The van der Waals surface area contributed by atoms with Crippen LogP contribution in [0.15, 0.2) is 47.9 Å². The molecule has 1 atom stereocenters. The molecule has 1 unspecified atom stereocenters. The fourth-order valence-corrected chi connectivity index (χ4v) is 3.18. The van der Waals surface area contributed by atoms with E-state index in [-0.39, 0.29) is 4.75 Å². The molecule has 0 aromatic heterocycles. The fraction of sp³-hybridized carbons (Fsp3) is 0.308. The van der Waals surface area contributed by atoms with Gasteiger partial charge in [0.25, 0.3) is 0 Å². The molecule has 0 amide bonds. The van der Waals surface area contributed by atoms with Gasteiger partial charge in [0.05, 0.1) is 4.75 Å². The SMILES string of the molecule is C=CCC1(Sc2ccccc2)CCC1=O. The minimum Gasteiger partial charge on any atom is -0.298 e. The molecule has 1 saturated carbocycles. The summed E-state index contributed by atoms with van der Waals surface area (Å²) in [6.45, 7) is 3.74. The van der Waals surface area contributed by atoms with Crippen LogP contribution in [0.1, 0.15) is 19.3 Å². The van der Waals surface area contributed by atoms with Gasteiger partial charge in [-0.05, 0) is 25.0 Å². The van der Waals surface area contributed by atoms with Crippen LogP contribution in [0.4, 0.5) is 0 Å². The highest BCUT2D eigenvalue weighted by Gasteiger charge is 2.45. The van der Waals surface area contributed by atoms with Crippen LogP contribution in [0.25, 0.3) is 0 Å². The monoisotopic (exact) mass is 218 g/mol. The van der Waals surface area contributed by atoms with E-state index in [1.54, 1.807) is 11.8 Å². The quantitative estimate of drug-likeness (QED) is 0.720. The molecule has 0 spiro atoms. The van der Waals surface area contributed by atoms with Crippen LogP contribution in [0.2, 0.25) is 0 Å². The van der Waals surface area contributed by atoms with Crippen LogP contribution in [-0.2, 0) is 4.79 Å². The first-order chi connectivity index (χ1) is 7.27. The molecule has 1 aliphatic carbocycles. The van der Waals surface area contributed by atoms with Gasteiger partial charge in [0.15, 0.2) is 0 Å². The van der Waals surface area contributed by atoms with Crippen molar-refractivity contribution in [3.05, 3.63) is 43.0 Å². The van der Waals surface area contributed by atoms with Gasteiger partial charge in [-0.25, -0.2) is 0 Å². The van der Waals surface area contributed by atoms with E-state index in [1.807, 2.05) is 24.3 Å². The molecular formula is C13H14OS. The number of ketones is 1. The van der Waals surface area contributed by atoms with Crippen molar-refractivity contribution in [1.82, 2.24) is 0 Å². The number of rotatable bonds is 4. The maximum Gasteiger partial charge on any atom is 0.149 e. The summed E-state index contributed by atoms with van der Waals surface area (Å²) in [5.41, 5.74) is 0. The third kappa shape index (κ3) is 2.00. The van der Waals surface area contributed by atoms with Crippen LogP contribution in [0.3, 0.4) is 0 Å². The van der Waals surface area contributed by atoms with Gasteiger partial charge in [-0.3, -0.25) is 4.79 Å². The van der Waals surface area contributed by atoms with Crippen molar-refractivity contribution in [3.63, 3.8) is 0 Å². The van der Waals surface area contributed by atoms with Gasteiger partial charge in [0.2, 0.25) is 0 Å². The molecule has 2 heteroatoms. The Balaban J connectivity index is 2.15. The van der Waals surface area contributed by atoms with Gasteiger partial charge in [-0.15, -0.1) is 18.3 Å². The third-order valence-electron chi connectivity index (χ3n) is 2.79. The summed E-state index contributed by atoms with van der Waals surface area (Å²) >= 11 is 1.69. The van der Waals surface area contributed by atoms with Crippen molar-refractivity contribution in [2.24, 2.45) is 0 Å². The molecule has 1 nitrogen and oxygen atoms in total. The zero-order chi connectivity index (χ0) is 10.7. The molecule has 78 valence electrons. The highest BCUT2D eigenvalue weighted by atomic mass is 32.2. The van der Waals surface area contributed by atoms with Gasteiger partial charge < -0.3 is 0 Å². The molecule has 1 aromatic carbocycles. The lowest BCUT2D eigenvalue weighted by atomic mass is 9.80. The minimum absolute atomic E-state index is 0.205. The summed E-state index contributed by atoms with van der Waals surface area (Å²) in [6.07, 6.45) is 4.35. The van der Waals surface area contributed by atoms with E-state index < -0.39 is 0 Å². The lowest BCUT2D eigenvalue weighted by Gasteiger charge is -2.38. The van der Waals surface area contributed by atoms with E-state index in [0.29, 0.717) is 5.78 Å². The summed E-state index contributed by atoms with van der Waals surface area (Å²) in [7, 11) is 0. The molecule has 0 heterocycles. The van der Waals surface area contributed by atoms with Crippen molar-refractivity contribution in [3.8, 4) is 0 Å². The Bertz CT molecular complexity index is 371. The minimum atomic E-state index is -0.205. The molecule has 0 bridgehead atoms. The highest BCUT2D eigenvalue weighted by molar-refractivity contribution is 8.01. The Labute approximate surface area is 94.6 Å². The van der Waals surface area contributed by atoms with Crippen LogP contribution in [0, 0.1) is 0 Å². The molecule has 1 aromatic rings. The second-order valence-corrected chi connectivity index (χ2v) is 5.28. The van der Waals surface area contributed by atoms with E-state index in [1.165, 1.54) is 4.90 Å². The summed E-state index contributed by atoms with van der Waals surface area (Å²) < 4.78 is -0.205. The standard InChI is InChI=1S/C13H14OS/c1-2-9-13(10-8-12(13)14)15-11-6-4-3-5-7-11/h2-7H,1,8-10H2. The maximum atomic E-state index is 11.7. The van der Waals surface area contributed by atoms with Crippen molar-refractivity contribution in [2.75, 3.05) is 0 Å². The molecule has 0 radical (unpaired) electrons. The van der Waals surface area contributed by atoms with Crippen LogP contribution < -0.4 is 0 Å². The maximum absolute atomic E-state index is 11.7. The lowest BCUT2D eigenvalue weighted by Crippen LogP contribution is -2.44. The number of benzene rings is 1. The van der Waals surface area contributed by atoms with E-state index in [2.05, 4.69) is 18.7 Å². The second-order valence-electron chi connectivity index (χ2n) is 3.83. The molecular weight excluding hydrogens is 204 g/mol. The first-order valence-corrected chi connectivity index (χ1v) is 5.97. The molecule has 0 N–H and O–H groups in total. The molecule has 0 saturated heterocycles.